The Kier molecular flexibility index (Phi) is 3.28. The van der Waals surface area contributed by atoms with Crippen LogP contribution in [0.4, 0.5) is 0 Å². The number of aryl methyl sites for hydroxylation is 2. The summed E-state index contributed by atoms with van der Waals surface area (Å²) >= 11 is 5.34. The van der Waals surface area contributed by atoms with Crippen LogP contribution in [0.3, 0.4) is 0 Å². The minimum absolute atomic E-state index is 0.203. The van der Waals surface area contributed by atoms with Gasteiger partial charge in [-0.25, -0.2) is 4.98 Å². The molecular formula is C16H14BrN3S. The summed E-state index contributed by atoms with van der Waals surface area (Å²) in [6.07, 6.45) is 5.29. The summed E-state index contributed by atoms with van der Waals surface area (Å²) in [7, 11) is 0. The fourth-order valence-corrected chi connectivity index (χ4v) is 4.51. The zero-order valence-electron chi connectivity index (χ0n) is 11.3. The minimum atomic E-state index is -0.203. The van der Waals surface area contributed by atoms with E-state index < -0.39 is 0 Å². The topological polar surface area (TPSA) is 51.8 Å². The number of benzene rings is 1. The summed E-state index contributed by atoms with van der Waals surface area (Å²) in [4.78, 5) is 10.7. The van der Waals surface area contributed by atoms with Crippen LogP contribution in [0, 0.1) is 0 Å². The van der Waals surface area contributed by atoms with Crippen LogP contribution in [0.5, 0.6) is 0 Å². The number of nitrogens with zero attached hydrogens (tertiary/aromatic N) is 2. The number of halogens is 1. The van der Waals surface area contributed by atoms with Gasteiger partial charge < -0.3 is 5.73 Å². The lowest BCUT2D eigenvalue weighted by Crippen LogP contribution is -2.12. The first-order valence-corrected chi connectivity index (χ1v) is 8.62. The first-order chi connectivity index (χ1) is 10.2. The van der Waals surface area contributed by atoms with Crippen molar-refractivity contribution in [3.8, 4) is 0 Å². The lowest BCUT2D eigenvalue weighted by Gasteiger charge is -2.12. The fourth-order valence-electron chi connectivity index (χ4n) is 2.89. The smallest absolute Gasteiger partial charge is 0.115 e. The summed E-state index contributed by atoms with van der Waals surface area (Å²) in [6, 6.07) is 7.90. The number of nitrogens with two attached hydrogens (primary N) is 1. The van der Waals surface area contributed by atoms with Crippen LogP contribution in [0.2, 0.25) is 0 Å². The molecule has 0 aliphatic heterocycles. The highest BCUT2D eigenvalue weighted by molar-refractivity contribution is 9.10. The molecule has 2 N–H and O–H groups in total. The molecule has 0 saturated heterocycles. The molecule has 21 heavy (non-hydrogen) atoms. The molecule has 2 heterocycles. The number of aromatic nitrogens is 2. The average molecular weight is 360 g/mol. The van der Waals surface area contributed by atoms with Gasteiger partial charge in [0.05, 0.1) is 17.3 Å². The van der Waals surface area contributed by atoms with Crippen molar-refractivity contribution in [2.24, 2.45) is 5.73 Å². The van der Waals surface area contributed by atoms with Crippen molar-refractivity contribution >= 4 is 38.2 Å². The predicted octanol–water partition coefficient (Wildman–Crippen LogP) is 3.99. The largest absolute Gasteiger partial charge is 0.318 e. The Morgan fingerprint density at radius 3 is 3.00 bits per heavy atom. The molecule has 3 aromatic rings. The van der Waals surface area contributed by atoms with Crippen molar-refractivity contribution in [2.75, 3.05) is 0 Å². The Labute approximate surface area is 135 Å². The van der Waals surface area contributed by atoms with Crippen molar-refractivity contribution in [1.29, 1.82) is 0 Å². The van der Waals surface area contributed by atoms with Crippen LogP contribution in [0.25, 0.3) is 10.9 Å². The van der Waals surface area contributed by atoms with E-state index in [1.807, 2.05) is 18.3 Å². The number of thiazole rings is 1. The second-order valence-corrected chi connectivity index (χ2v) is 7.26. The van der Waals surface area contributed by atoms with Gasteiger partial charge in [0.1, 0.15) is 5.01 Å². The van der Waals surface area contributed by atoms with Crippen molar-refractivity contribution < 1.29 is 0 Å². The molecule has 0 radical (unpaired) electrons. The summed E-state index contributed by atoms with van der Waals surface area (Å²) in [5.41, 5.74) is 9.73. The molecule has 2 aromatic heterocycles. The van der Waals surface area contributed by atoms with Crippen LogP contribution >= 0.6 is 27.3 Å². The van der Waals surface area contributed by atoms with Gasteiger partial charge in [0, 0.05) is 26.5 Å². The lowest BCUT2D eigenvalue weighted by atomic mass is 10.0. The Morgan fingerprint density at radius 1 is 1.24 bits per heavy atom. The van der Waals surface area contributed by atoms with Gasteiger partial charge in [0.15, 0.2) is 0 Å². The molecule has 1 atom stereocenters. The van der Waals surface area contributed by atoms with E-state index in [4.69, 9.17) is 10.7 Å². The normalized spacial score (nSPS) is 15.3. The SMILES string of the molecule is NC(c1nc2c(s1)CCC2)c1ccc(Br)c2cccnc12. The standard InChI is InChI=1S/C16H14BrN3S/c17-11-7-6-10(15-9(11)3-2-8-19-15)14(18)16-20-12-4-1-5-13(12)21-16/h2-3,6-8,14H,1,4-5,18H2. The molecule has 1 aliphatic carbocycles. The van der Waals surface area contributed by atoms with Gasteiger partial charge in [-0.15, -0.1) is 11.3 Å². The molecule has 0 saturated carbocycles. The summed E-state index contributed by atoms with van der Waals surface area (Å²) in [6.45, 7) is 0. The van der Waals surface area contributed by atoms with Gasteiger partial charge in [-0.3, -0.25) is 4.98 Å². The highest BCUT2D eigenvalue weighted by atomic mass is 79.9. The molecule has 1 aromatic carbocycles. The fraction of sp³-hybridized carbons (Fsp3) is 0.250. The van der Waals surface area contributed by atoms with Gasteiger partial charge in [-0.05, 0) is 31.4 Å². The van der Waals surface area contributed by atoms with Crippen molar-refractivity contribution in [1.82, 2.24) is 9.97 Å². The van der Waals surface area contributed by atoms with Gasteiger partial charge in [-0.1, -0.05) is 28.1 Å². The number of hydrogen-bond acceptors (Lipinski definition) is 4. The van der Waals surface area contributed by atoms with Crippen molar-refractivity contribution in [2.45, 2.75) is 25.3 Å². The zero-order chi connectivity index (χ0) is 14.4. The molecule has 1 unspecified atom stereocenters. The summed E-state index contributed by atoms with van der Waals surface area (Å²) in [5, 5.41) is 2.10. The van der Waals surface area contributed by atoms with E-state index in [9.17, 15) is 0 Å². The molecule has 4 rings (SSSR count). The highest BCUT2D eigenvalue weighted by Crippen LogP contribution is 2.35. The van der Waals surface area contributed by atoms with E-state index in [-0.39, 0.29) is 6.04 Å². The molecule has 0 fully saturated rings. The third-order valence-electron chi connectivity index (χ3n) is 3.96. The van der Waals surface area contributed by atoms with E-state index in [0.29, 0.717) is 0 Å². The summed E-state index contributed by atoms with van der Waals surface area (Å²) < 4.78 is 1.04. The third-order valence-corrected chi connectivity index (χ3v) is 5.89. The molecule has 5 heteroatoms. The molecule has 1 aliphatic rings. The minimum Gasteiger partial charge on any atom is -0.318 e. The Balaban J connectivity index is 1.83. The van der Waals surface area contributed by atoms with Gasteiger partial charge in [0.2, 0.25) is 0 Å². The Bertz CT molecular complexity index is 806. The second-order valence-electron chi connectivity index (χ2n) is 5.29. The van der Waals surface area contributed by atoms with Gasteiger partial charge >= 0.3 is 0 Å². The maximum Gasteiger partial charge on any atom is 0.115 e. The molecular weight excluding hydrogens is 346 g/mol. The first-order valence-electron chi connectivity index (χ1n) is 7.01. The number of hydrogen-bond donors (Lipinski definition) is 1. The molecule has 3 nitrogen and oxygen atoms in total. The van der Waals surface area contributed by atoms with Crippen LogP contribution in [-0.4, -0.2) is 9.97 Å². The van der Waals surface area contributed by atoms with Gasteiger partial charge in [-0.2, -0.15) is 0 Å². The van der Waals surface area contributed by atoms with Gasteiger partial charge in [0.25, 0.3) is 0 Å². The van der Waals surface area contributed by atoms with Crippen LogP contribution in [0.15, 0.2) is 34.9 Å². The zero-order valence-corrected chi connectivity index (χ0v) is 13.7. The van der Waals surface area contributed by atoms with Crippen molar-refractivity contribution in [3.63, 3.8) is 0 Å². The highest BCUT2D eigenvalue weighted by Gasteiger charge is 2.22. The molecule has 0 bridgehead atoms. The van der Waals surface area contributed by atoms with Crippen LogP contribution < -0.4 is 5.73 Å². The predicted molar refractivity (Wildman–Crippen MR) is 89.6 cm³/mol. The summed E-state index contributed by atoms with van der Waals surface area (Å²) in [5.74, 6) is 0. The van der Waals surface area contributed by atoms with E-state index in [1.54, 1.807) is 11.3 Å². The maximum absolute atomic E-state index is 6.49. The number of rotatable bonds is 2. The maximum atomic E-state index is 6.49. The monoisotopic (exact) mass is 359 g/mol. The second kappa shape index (κ2) is 5.16. The average Bonchev–Trinajstić information content (AvgIpc) is 3.08. The lowest BCUT2D eigenvalue weighted by molar-refractivity contribution is 0.837. The quantitative estimate of drug-likeness (QED) is 0.752. The van der Waals surface area contributed by atoms with Crippen molar-refractivity contribution in [3.05, 3.63) is 56.1 Å². The molecule has 0 amide bonds. The number of fused-ring (bicyclic) bond motifs is 2. The third kappa shape index (κ3) is 2.20. The van der Waals surface area contributed by atoms with E-state index in [0.717, 1.165) is 38.8 Å². The molecule has 106 valence electrons. The van der Waals surface area contributed by atoms with E-state index in [1.165, 1.54) is 17.0 Å². The van der Waals surface area contributed by atoms with Crippen LogP contribution in [0.1, 0.15) is 33.6 Å². The first kappa shape index (κ1) is 13.4. The van der Waals surface area contributed by atoms with E-state index >= 15 is 0 Å². The Morgan fingerprint density at radius 2 is 2.14 bits per heavy atom. The number of pyridine rings is 1. The van der Waals surface area contributed by atoms with E-state index in [2.05, 4.69) is 33.0 Å². The molecule has 0 spiro atoms. The Hall–Kier alpha value is -1.30. The van der Waals surface area contributed by atoms with Crippen LogP contribution in [-0.2, 0) is 12.8 Å².